The number of nitrogens with one attached hydrogen (secondary N) is 2. The predicted molar refractivity (Wildman–Crippen MR) is 101 cm³/mol. The fourth-order valence-electron chi connectivity index (χ4n) is 2.35. The smallest absolute Gasteiger partial charge is 0.171 e. The molecular weight excluding hydrogens is 304 g/mol. The van der Waals surface area contributed by atoms with Gasteiger partial charge < -0.3 is 15.4 Å². The van der Waals surface area contributed by atoms with Crippen molar-refractivity contribution < 1.29 is 4.74 Å². The lowest BCUT2D eigenvalue weighted by molar-refractivity contribution is 0.340. The minimum absolute atomic E-state index is 0.207. The summed E-state index contributed by atoms with van der Waals surface area (Å²) in [5.41, 5.74) is 3.46. The van der Waals surface area contributed by atoms with Gasteiger partial charge >= 0.3 is 0 Å². The Bertz CT molecular complexity index is 623. The van der Waals surface area contributed by atoms with Gasteiger partial charge in [0.1, 0.15) is 5.75 Å². The summed E-state index contributed by atoms with van der Waals surface area (Å²) in [4.78, 5) is 0. The average Bonchev–Trinajstić information content (AvgIpc) is 2.56. The molecule has 4 heteroatoms. The molecule has 0 aliphatic heterocycles. The summed E-state index contributed by atoms with van der Waals surface area (Å²) in [7, 11) is 0. The second-order valence-corrected chi connectivity index (χ2v) is 5.84. The molecule has 0 saturated heterocycles. The zero-order valence-electron chi connectivity index (χ0n) is 13.9. The molecule has 0 fully saturated rings. The first-order chi connectivity index (χ1) is 11.1. The van der Waals surface area contributed by atoms with Crippen molar-refractivity contribution in [2.24, 2.45) is 0 Å². The number of anilines is 1. The van der Waals surface area contributed by atoms with Crippen LogP contribution in [0.25, 0.3) is 0 Å². The van der Waals surface area contributed by atoms with E-state index in [2.05, 4.69) is 48.7 Å². The summed E-state index contributed by atoms with van der Waals surface area (Å²) in [6.45, 7) is 6.88. The first-order valence-corrected chi connectivity index (χ1v) is 8.40. The predicted octanol–water partition coefficient (Wildman–Crippen LogP) is 4.83. The van der Waals surface area contributed by atoms with Crippen molar-refractivity contribution in [3.05, 3.63) is 59.7 Å². The summed E-state index contributed by atoms with van der Waals surface area (Å²) in [6.07, 6.45) is 0.966. The molecule has 2 N–H and O–H groups in total. The lowest BCUT2D eigenvalue weighted by Gasteiger charge is -2.20. The second kappa shape index (κ2) is 8.53. The van der Waals surface area contributed by atoms with Gasteiger partial charge in [0.25, 0.3) is 0 Å². The summed E-state index contributed by atoms with van der Waals surface area (Å²) in [5, 5.41) is 7.23. The van der Waals surface area contributed by atoms with Crippen molar-refractivity contribution in [3.63, 3.8) is 0 Å². The van der Waals surface area contributed by atoms with Crippen molar-refractivity contribution >= 4 is 23.0 Å². The quantitative estimate of drug-likeness (QED) is 0.744. The normalized spacial score (nSPS) is 11.6. The molecule has 0 amide bonds. The van der Waals surface area contributed by atoms with E-state index in [-0.39, 0.29) is 6.04 Å². The molecule has 23 heavy (non-hydrogen) atoms. The van der Waals surface area contributed by atoms with Crippen LogP contribution in [-0.4, -0.2) is 11.7 Å². The Morgan fingerprint density at radius 1 is 1.04 bits per heavy atom. The third-order valence-electron chi connectivity index (χ3n) is 3.62. The van der Waals surface area contributed by atoms with Gasteiger partial charge in [-0.25, -0.2) is 0 Å². The number of ether oxygens (including phenoxy) is 1. The molecule has 0 aliphatic rings. The van der Waals surface area contributed by atoms with E-state index in [1.54, 1.807) is 0 Å². The summed E-state index contributed by atoms with van der Waals surface area (Å²) < 4.78 is 5.44. The Hall–Kier alpha value is -2.07. The third kappa shape index (κ3) is 5.25. The molecule has 3 nitrogen and oxygen atoms in total. The summed E-state index contributed by atoms with van der Waals surface area (Å²) in [5.74, 6) is 0.864. The molecule has 2 aromatic carbocycles. The van der Waals surface area contributed by atoms with E-state index >= 15 is 0 Å². The third-order valence-corrected chi connectivity index (χ3v) is 3.84. The number of hydrogen-bond donors (Lipinski definition) is 2. The fraction of sp³-hybridized carbons (Fsp3) is 0.316. The van der Waals surface area contributed by atoms with Gasteiger partial charge in [0, 0.05) is 5.69 Å². The maximum Gasteiger partial charge on any atom is 0.171 e. The van der Waals surface area contributed by atoms with Crippen LogP contribution in [0.15, 0.2) is 48.5 Å². The minimum atomic E-state index is 0.207. The van der Waals surface area contributed by atoms with Crippen LogP contribution in [0, 0.1) is 6.92 Å². The maximum atomic E-state index is 5.44. The van der Waals surface area contributed by atoms with Crippen LogP contribution in [0.2, 0.25) is 0 Å². The molecule has 0 aliphatic carbocycles. The Morgan fingerprint density at radius 3 is 2.26 bits per heavy atom. The molecule has 122 valence electrons. The lowest BCUT2D eigenvalue weighted by atomic mass is 10.0. The lowest BCUT2D eigenvalue weighted by Crippen LogP contribution is -2.32. The van der Waals surface area contributed by atoms with Crippen LogP contribution in [0.1, 0.15) is 37.4 Å². The van der Waals surface area contributed by atoms with E-state index in [0.29, 0.717) is 11.7 Å². The zero-order valence-corrected chi connectivity index (χ0v) is 14.7. The number of rotatable bonds is 6. The molecule has 0 aromatic heterocycles. The molecule has 0 spiro atoms. The highest BCUT2D eigenvalue weighted by atomic mass is 32.1. The van der Waals surface area contributed by atoms with Gasteiger partial charge in [-0.05, 0) is 62.3 Å². The minimum Gasteiger partial charge on any atom is -0.494 e. The average molecular weight is 328 g/mol. The Labute approximate surface area is 144 Å². The van der Waals surface area contributed by atoms with Gasteiger partial charge in [-0.2, -0.15) is 0 Å². The van der Waals surface area contributed by atoms with Gasteiger partial charge in [0.2, 0.25) is 0 Å². The van der Waals surface area contributed by atoms with E-state index in [0.717, 1.165) is 17.9 Å². The van der Waals surface area contributed by atoms with Crippen molar-refractivity contribution in [1.82, 2.24) is 5.32 Å². The Morgan fingerprint density at radius 2 is 1.70 bits per heavy atom. The van der Waals surface area contributed by atoms with E-state index in [9.17, 15) is 0 Å². The molecular formula is C19H24N2OS. The van der Waals surface area contributed by atoms with Crippen LogP contribution in [0.4, 0.5) is 5.69 Å². The largest absolute Gasteiger partial charge is 0.494 e. The first kappa shape index (κ1) is 17.3. The zero-order chi connectivity index (χ0) is 16.7. The number of benzene rings is 2. The second-order valence-electron chi connectivity index (χ2n) is 5.43. The number of hydrogen-bond acceptors (Lipinski definition) is 2. The van der Waals surface area contributed by atoms with E-state index in [4.69, 9.17) is 17.0 Å². The SMILES string of the molecule is CCOc1ccc(NC(=S)NC(CC)c2ccc(C)cc2)cc1. The van der Waals surface area contributed by atoms with E-state index in [1.165, 1.54) is 11.1 Å². The van der Waals surface area contributed by atoms with Crippen molar-refractivity contribution in [3.8, 4) is 5.75 Å². The molecule has 0 heterocycles. The Balaban J connectivity index is 1.95. The van der Waals surface area contributed by atoms with Gasteiger partial charge in [-0.1, -0.05) is 36.8 Å². The molecule has 0 radical (unpaired) electrons. The fourth-order valence-corrected chi connectivity index (χ4v) is 2.61. The van der Waals surface area contributed by atoms with E-state index < -0.39 is 0 Å². The summed E-state index contributed by atoms with van der Waals surface area (Å²) in [6, 6.07) is 16.6. The van der Waals surface area contributed by atoms with Gasteiger partial charge in [-0.3, -0.25) is 0 Å². The van der Waals surface area contributed by atoms with Crippen LogP contribution in [0.3, 0.4) is 0 Å². The van der Waals surface area contributed by atoms with Crippen LogP contribution in [0.5, 0.6) is 5.75 Å². The Kier molecular flexibility index (Phi) is 6.41. The summed E-state index contributed by atoms with van der Waals surface area (Å²) >= 11 is 5.43. The van der Waals surface area contributed by atoms with Crippen molar-refractivity contribution in [1.29, 1.82) is 0 Å². The molecule has 0 bridgehead atoms. The molecule has 2 rings (SSSR count). The number of aryl methyl sites for hydroxylation is 1. The van der Waals surface area contributed by atoms with Crippen molar-refractivity contribution in [2.75, 3.05) is 11.9 Å². The van der Waals surface area contributed by atoms with Gasteiger partial charge in [0.05, 0.1) is 12.6 Å². The van der Waals surface area contributed by atoms with Crippen LogP contribution >= 0.6 is 12.2 Å². The topological polar surface area (TPSA) is 33.3 Å². The standard InChI is InChI=1S/C19H24N2OS/c1-4-18(15-8-6-14(3)7-9-15)21-19(23)20-16-10-12-17(13-11-16)22-5-2/h6-13,18H,4-5H2,1-3H3,(H2,20,21,23). The highest BCUT2D eigenvalue weighted by Crippen LogP contribution is 2.19. The molecule has 2 aromatic rings. The molecule has 1 atom stereocenters. The maximum absolute atomic E-state index is 5.44. The highest BCUT2D eigenvalue weighted by Gasteiger charge is 2.10. The monoisotopic (exact) mass is 328 g/mol. The molecule has 0 saturated carbocycles. The van der Waals surface area contributed by atoms with Crippen molar-refractivity contribution in [2.45, 2.75) is 33.2 Å². The van der Waals surface area contributed by atoms with E-state index in [1.807, 2.05) is 31.2 Å². The van der Waals surface area contributed by atoms with Gasteiger partial charge in [0.15, 0.2) is 5.11 Å². The highest BCUT2D eigenvalue weighted by molar-refractivity contribution is 7.80. The first-order valence-electron chi connectivity index (χ1n) is 7.99. The number of thiocarbonyl (C=S) groups is 1. The van der Waals surface area contributed by atoms with Crippen LogP contribution in [-0.2, 0) is 0 Å². The molecule has 1 unspecified atom stereocenters. The van der Waals surface area contributed by atoms with Gasteiger partial charge in [-0.15, -0.1) is 0 Å². The van der Waals surface area contributed by atoms with Crippen LogP contribution < -0.4 is 15.4 Å².